The second-order valence-electron chi connectivity index (χ2n) is 5.48. The molecule has 0 aliphatic carbocycles. The van der Waals surface area contributed by atoms with Gasteiger partial charge in [0.25, 0.3) is 5.91 Å². The summed E-state index contributed by atoms with van der Waals surface area (Å²) in [5.74, 6) is -0.844. The van der Waals surface area contributed by atoms with E-state index in [1.165, 1.54) is 7.11 Å². The first kappa shape index (κ1) is 19.5. The predicted molar refractivity (Wildman–Crippen MR) is 98.0 cm³/mol. The van der Waals surface area contributed by atoms with E-state index in [0.717, 1.165) is 5.56 Å². The van der Waals surface area contributed by atoms with E-state index in [9.17, 15) is 14.4 Å². The van der Waals surface area contributed by atoms with Gasteiger partial charge in [-0.1, -0.05) is 23.7 Å². The van der Waals surface area contributed by atoms with Crippen LogP contribution in [0.4, 0.5) is 0 Å². The van der Waals surface area contributed by atoms with Crippen LogP contribution >= 0.6 is 11.6 Å². The van der Waals surface area contributed by atoms with Crippen molar-refractivity contribution < 1.29 is 19.1 Å². The Balaban J connectivity index is 1.71. The summed E-state index contributed by atoms with van der Waals surface area (Å²) in [6.45, 7) is 0.569. The number of amides is 2. The number of halogens is 1. The van der Waals surface area contributed by atoms with Crippen molar-refractivity contribution in [3.05, 3.63) is 70.2 Å². The lowest BCUT2D eigenvalue weighted by Crippen LogP contribution is -2.30. The smallest absolute Gasteiger partial charge is 0.337 e. The Morgan fingerprint density at radius 1 is 0.923 bits per heavy atom. The average Bonchev–Trinajstić information content (AvgIpc) is 2.66. The normalized spacial score (nSPS) is 10.1. The Kier molecular flexibility index (Phi) is 7.17. The van der Waals surface area contributed by atoms with Crippen LogP contribution in [0.5, 0.6) is 0 Å². The monoisotopic (exact) mass is 374 g/mol. The van der Waals surface area contributed by atoms with E-state index in [4.69, 9.17) is 11.6 Å². The number of rotatable bonds is 7. The highest BCUT2D eigenvalue weighted by Gasteiger charge is 2.07. The zero-order chi connectivity index (χ0) is 18.9. The Hall–Kier alpha value is -2.86. The van der Waals surface area contributed by atoms with Crippen LogP contribution < -0.4 is 10.6 Å². The SMILES string of the molecule is COC(=O)c1ccc(CNC(=O)CCNC(=O)c2ccc(Cl)cc2)cc1. The standard InChI is InChI=1S/C19H19ClN2O4/c1-26-19(25)15-4-2-13(3-5-15)12-22-17(23)10-11-21-18(24)14-6-8-16(20)9-7-14/h2-9H,10-12H2,1H3,(H,21,24)(H,22,23). The molecule has 0 saturated carbocycles. The molecule has 2 amide bonds. The third-order valence-electron chi connectivity index (χ3n) is 3.61. The molecular weight excluding hydrogens is 356 g/mol. The molecule has 0 atom stereocenters. The van der Waals surface area contributed by atoms with E-state index in [1.54, 1.807) is 48.5 Å². The molecule has 0 aromatic heterocycles. The number of esters is 1. The lowest BCUT2D eigenvalue weighted by Gasteiger charge is -2.07. The van der Waals surface area contributed by atoms with Crippen LogP contribution in [0, 0.1) is 0 Å². The fourth-order valence-corrected chi connectivity index (χ4v) is 2.28. The minimum absolute atomic E-state index is 0.166. The zero-order valence-corrected chi connectivity index (χ0v) is 15.0. The molecule has 0 spiro atoms. The van der Waals surface area contributed by atoms with Crippen LogP contribution in [0.15, 0.2) is 48.5 Å². The quantitative estimate of drug-likeness (QED) is 0.729. The molecule has 0 heterocycles. The van der Waals surface area contributed by atoms with Crippen LogP contribution in [0.3, 0.4) is 0 Å². The molecule has 2 aromatic rings. The summed E-state index contributed by atoms with van der Waals surface area (Å²) in [6.07, 6.45) is 0.166. The molecule has 2 rings (SSSR count). The third-order valence-corrected chi connectivity index (χ3v) is 3.86. The molecule has 6 nitrogen and oxygen atoms in total. The van der Waals surface area contributed by atoms with E-state index < -0.39 is 5.97 Å². The first-order valence-electron chi connectivity index (χ1n) is 7.97. The molecule has 0 fully saturated rings. The first-order valence-corrected chi connectivity index (χ1v) is 8.35. The number of carbonyl (C=O) groups is 3. The summed E-state index contributed by atoms with van der Waals surface area (Å²) < 4.78 is 4.63. The van der Waals surface area contributed by atoms with Gasteiger partial charge >= 0.3 is 5.97 Å². The summed E-state index contributed by atoms with van der Waals surface area (Å²) >= 11 is 5.77. The maximum absolute atomic E-state index is 11.9. The minimum Gasteiger partial charge on any atom is -0.465 e. The van der Waals surface area contributed by atoms with Gasteiger partial charge in [-0.05, 0) is 42.0 Å². The Bertz CT molecular complexity index is 773. The fourth-order valence-electron chi connectivity index (χ4n) is 2.16. The maximum atomic E-state index is 11.9. The molecule has 0 aliphatic heterocycles. The molecule has 2 N–H and O–H groups in total. The molecule has 26 heavy (non-hydrogen) atoms. The second-order valence-corrected chi connectivity index (χ2v) is 5.91. The maximum Gasteiger partial charge on any atom is 0.337 e. The van der Waals surface area contributed by atoms with Crippen molar-refractivity contribution in [2.45, 2.75) is 13.0 Å². The predicted octanol–water partition coefficient (Wildman–Crippen LogP) is 2.56. The van der Waals surface area contributed by atoms with Crippen LogP contribution in [-0.2, 0) is 16.1 Å². The second kappa shape index (κ2) is 9.58. The molecule has 0 radical (unpaired) electrons. The summed E-state index contributed by atoms with van der Waals surface area (Å²) in [5, 5.41) is 5.99. The summed E-state index contributed by atoms with van der Waals surface area (Å²) in [4.78, 5) is 35.1. The van der Waals surface area contributed by atoms with Crippen molar-refractivity contribution in [2.75, 3.05) is 13.7 Å². The van der Waals surface area contributed by atoms with Gasteiger partial charge in [0, 0.05) is 30.1 Å². The lowest BCUT2D eigenvalue weighted by atomic mass is 10.1. The molecule has 7 heteroatoms. The molecule has 0 bridgehead atoms. The summed E-state index contributed by atoms with van der Waals surface area (Å²) in [6, 6.07) is 13.3. The van der Waals surface area contributed by atoms with Gasteiger partial charge < -0.3 is 15.4 Å². The van der Waals surface area contributed by atoms with Gasteiger partial charge in [0.1, 0.15) is 0 Å². The van der Waals surface area contributed by atoms with E-state index in [1.807, 2.05) is 0 Å². The highest BCUT2D eigenvalue weighted by atomic mass is 35.5. The minimum atomic E-state index is -0.406. The van der Waals surface area contributed by atoms with Gasteiger partial charge in [0.15, 0.2) is 0 Å². The van der Waals surface area contributed by atoms with Crippen molar-refractivity contribution >= 4 is 29.4 Å². The van der Waals surface area contributed by atoms with Gasteiger partial charge in [-0.3, -0.25) is 9.59 Å². The van der Waals surface area contributed by atoms with Crippen LogP contribution in [-0.4, -0.2) is 31.4 Å². The number of hydrogen-bond donors (Lipinski definition) is 2. The fraction of sp³-hybridized carbons (Fsp3) is 0.211. The van der Waals surface area contributed by atoms with Gasteiger partial charge in [-0.25, -0.2) is 4.79 Å². The molecular formula is C19H19ClN2O4. The van der Waals surface area contributed by atoms with E-state index in [-0.39, 0.29) is 24.8 Å². The number of carbonyl (C=O) groups excluding carboxylic acids is 3. The van der Waals surface area contributed by atoms with Gasteiger partial charge in [0.05, 0.1) is 12.7 Å². The van der Waals surface area contributed by atoms with Crippen molar-refractivity contribution in [3.63, 3.8) is 0 Å². The Morgan fingerprint density at radius 2 is 1.54 bits per heavy atom. The molecule has 136 valence electrons. The number of benzene rings is 2. The van der Waals surface area contributed by atoms with Crippen LogP contribution in [0.2, 0.25) is 5.02 Å². The summed E-state index contributed by atoms with van der Waals surface area (Å²) in [7, 11) is 1.32. The van der Waals surface area contributed by atoms with Crippen molar-refractivity contribution in [1.82, 2.24) is 10.6 Å². The van der Waals surface area contributed by atoms with Crippen LogP contribution in [0.1, 0.15) is 32.7 Å². The van der Waals surface area contributed by atoms with E-state index in [0.29, 0.717) is 22.7 Å². The Morgan fingerprint density at radius 3 is 2.15 bits per heavy atom. The van der Waals surface area contributed by atoms with E-state index >= 15 is 0 Å². The number of nitrogens with one attached hydrogen (secondary N) is 2. The number of ether oxygens (including phenoxy) is 1. The lowest BCUT2D eigenvalue weighted by molar-refractivity contribution is -0.121. The highest BCUT2D eigenvalue weighted by Crippen LogP contribution is 2.09. The largest absolute Gasteiger partial charge is 0.465 e. The Labute approximate surface area is 156 Å². The zero-order valence-electron chi connectivity index (χ0n) is 14.3. The number of hydrogen-bond acceptors (Lipinski definition) is 4. The van der Waals surface area contributed by atoms with Crippen LogP contribution in [0.25, 0.3) is 0 Å². The van der Waals surface area contributed by atoms with Gasteiger partial charge in [-0.2, -0.15) is 0 Å². The van der Waals surface area contributed by atoms with Gasteiger partial charge in [0.2, 0.25) is 5.91 Å². The molecule has 0 aliphatic rings. The molecule has 0 unspecified atom stereocenters. The average molecular weight is 375 g/mol. The molecule has 0 saturated heterocycles. The number of methoxy groups -OCH3 is 1. The highest BCUT2D eigenvalue weighted by molar-refractivity contribution is 6.30. The topological polar surface area (TPSA) is 84.5 Å². The molecule has 2 aromatic carbocycles. The third kappa shape index (κ3) is 5.89. The van der Waals surface area contributed by atoms with E-state index in [2.05, 4.69) is 15.4 Å². The summed E-state index contributed by atoms with van der Waals surface area (Å²) in [5.41, 5.74) is 1.80. The van der Waals surface area contributed by atoms with Crippen molar-refractivity contribution in [3.8, 4) is 0 Å². The van der Waals surface area contributed by atoms with Crippen molar-refractivity contribution in [2.24, 2.45) is 0 Å². The van der Waals surface area contributed by atoms with Crippen molar-refractivity contribution in [1.29, 1.82) is 0 Å². The first-order chi connectivity index (χ1) is 12.5. The van der Waals surface area contributed by atoms with Gasteiger partial charge in [-0.15, -0.1) is 0 Å².